The van der Waals surface area contributed by atoms with Crippen LogP contribution in [0.4, 0.5) is 4.79 Å². The first-order valence-corrected chi connectivity index (χ1v) is 6.93. The number of nitrogens with zero attached hydrogens (tertiary/aromatic N) is 1. The summed E-state index contributed by atoms with van der Waals surface area (Å²) in [6.07, 6.45) is -1.07. The summed E-state index contributed by atoms with van der Waals surface area (Å²) in [4.78, 5) is 25.3. The zero-order chi connectivity index (χ0) is 15.6. The van der Waals surface area contributed by atoms with Crippen LogP contribution in [-0.2, 0) is 14.3 Å². The van der Waals surface area contributed by atoms with Crippen LogP contribution < -0.4 is 0 Å². The number of hydrogen-bond acceptors (Lipinski definition) is 5. The van der Waals surface area contributed by atoms with Gasteiger partial charge in [-0.25, -0.2) is 4.79 Å². The van der Waals surface area contributed by atoms with Crippen LogP contribution in [0.15, 0.2) is 0 Å². The highest BCUT2D eigenvalue weighted by molar-refractivity contribution is 5.78. The number of piperidine rings is 1. The molecule has 0 aliphatic carbocycles. The molecule has 0 unspecified atom stereocenters. The number of amides is 1. The van der Waals surface area contributed by atoms with Crippen LogP contribution in [0.3, 0.4) is 0 Å². The maximum absolute atomic E-state index is 11.9. The highest BCUT2D eigenvalue weighted by atomic mass is 16.6. The molecule has 0 aromatic carbocycles. The molecule has 0 aromatic heterocycles. The molecule has 0 saturated carbocycles. The fourth-order valence-electron chi connectivity index (χ4n) is 2.06. The van der Waals surface area contributed by atoms with Crippen LogP contribution in [0, 0.1) is 5.41 Å². The van der Waals surface area contributed by atoms with E-state index in [1.807, 2.05) is 0 Å². The van der Waals surface area contributed by atoms with E-state index >= 15 is 0 Å². The lowest BCUT2D eigenvalue weighted by Gasteiger charge is -2.41. The Labute approximate surface area is 120 Å². The Morgan fingerprint density at radius 3 is 2.45 bits per heavy atom. The van der Waals surface area contributed by atoms with Gasteiger partial charge in [-0.1, -0.05) is 0 Å². The fourth-order valence-corrected chi connectivity index (χ4v) is 2.06. The van der Waals surface area contributed by atoms with Crippen molar-refractivity contribution < 1.29 is 24.2 Å². The third-order valence-electron chi connectivity index (χ3n) is 3.42. The van der Waals surface area contributed by atoms with Gasteiger partial charge >= 0.3 is 12.1 Å². The minimum atomic E-state index is -0.964. The van der Waals surface area contributed by atoms with Crippen molar-refractivity contribution in [3.05, 3.63) is 0 Å². The van der Waals surface area contributed by atoms with Crippen molar-refractivity contribution in [2.24, 2.45) is 5.41 Å². The van der Waals surface area contributed by atoms with Crippen molar-refractivity contribution in [3.8, 4) is 0 Å². The summed E-state index contributed by atoms with van der Waals surface area (Å²) in [5.41, 5.74) is -1.54. The standard InChI is InChI=1S/C14H25NO5/c1-6-19-11(17)14(5)7-8-15(9-10(14)16)12(18)20-13(2,3)4/h10,16H,6-9H2,1-5H3/t10-,14+/m0/s1. The number of carbonyl (C=O) groups is 2. The molecule has 1 aliphatic rings. The minimum Gasteiger partial charge on any atom is -0.465 e. The average Bonchev–Trinajstić information content (AvgIpc) is 2.30. The van der Waals surface area contributed by atoms with E-state index in [0.29, 0.717) is 13.0 Å². The molecule has 1 heterocycles. The molecule has 1 N–H and O–H groups in total. The molecule has 0 aromatic rings. The second kappa shape index (κ2) is 5.99. The van der Waals surface area contributed by atoms with Gasteiger partial charge in [-0.3, -0.25) is 4.79 Å². The number of rotatable bonds is 2. The zero-order valence-electron chi connectivity index (χ0n) is 12.9. The number of ether oxygens (including phenoxy) is 2. The van der Waals surface area contributed by atoms with Crippen LogP contribution in [0.1, 0.15) is 41.0 Å². The summed E-state index contributed by atoms with van der Waals surface area (Å²) in [5, 5.41) is 10.2. The van der Waals surface area contributed by atoms with Crippen LogP contribution in [0.2, 0.25) is 0 Å². The molecular weight excluding hydrogens is 262 g/mol. The lowest BCUT2D eigenvalue weighted by molar-refractivity contribution is -0.166. The number of β-amino-alcohol motifs (C(OH)–C–C–N with tert-alkyl or cyclic N) is 1. The van der Waals surface area contributed by atoms with Gasteiger partial charge < -0.3 is 19.5 Å². The first kappa shape index (κ1) is 16.8. The monoisotopic (exact) mass is 287 g/mol. The second-order valence-electron chi connectivity index (χ2n) is 6.33. The van der Waals surface area contributed by atoms with Crippen LogP contribution in [-0.4, -0.2) is 53.5 Å². The highest BCUT2D eigenvalue weighted by Crippen LogP contribution is 2.33. The second-order valence-corrected chi connectivity index (χ2v) is 6.33. The van der Waals surface area contributed by atoms with Crippen molar-refractivity contribution in [2.45, 2.75) is 52.7 Å². The van der Waals surface area contributed by atoms with E-state index in [9.17, 15) is 14.7 Å². The summed E-state index contributed by atoms with van der Waals surface area (Å²) in [6.45, 7) is 9.46. The molecule has 1 aliphatic heterocycles. The Hall–Kier alpha value is -1.30. The third-order valence-corrected chi connectivity index (χ3v) is 3.42. The molecule has 20 heavy (non-hydrogen) atoms. The Balaban J connectivity index is 2.68. The summed E-state index contributed by atoms with van der Waals surface area (Å²) in [7, 11) is 0. The molecule has 0 radical (unpaired) electrons. The Morgan fingerprint density at radius 1 is 1.40 bits per heavy atom. The third kappa shape index (κ3) is 3.85. The van der Waals surface area contributed by atoms with Crippen molar-refractivity contribution in [3.63, 3.8) is 0 Å². The lowest BCUT2D eigenvalue weighted by Crippen LogP contribution is -2.55. The Kier molecular flexibility index (Phi) is 5.02. The molecule has 116 valence electrons. The Bertz CT molecular complexity index is 376. The van der Waals surface area contributed by atoms with E-state index in [0.717, 1.165) is 0 Å². The summed E-state index contributed by atoms with van der Waals surface area (Å²) < 4.78 is 10.3. The Morgan fingerprint density at radius 2 is 2.00 bits per heavy atom. The van der Waals surface area contributed by atoms with Crippen molar-refractivity contribution in [1.82, 2.24) is 4.90 Å². The topological polar surface area (TPSA) is 76.1 Å². The maximum atomic E-state index is 11.9. The maximum Gasteiger partial charge on any atom is 0.410 e. The summed E-state index contributed by atoms with van der Waals surface area (Å²) in [5.74, 6) is -0.420. The van der Waals surface area contributed by atoms with Crippen LogP contribution in [0.25, 0.3) is 0 Å². The number of hydrogen-bond donors (Lipinski definition) is 1. The average molecular weight is 287 g/mol. The molecule has 1 fully saturated rings. The molecular formula is C14H25NO5. The summed E-state index contributed by atoms with van der Waals surface area (Å²) in [6, 6.07) is 0. The van der Waals surface area contributed by atoms with E-state index in [4.69, 9.17) is 9.47 Å². The molecule has 1 saturated heterocycles. The predicted molar refractivity (Wildman–Crippen MR) is 73.2 cm³/mol. The van der Waals surface area contributed by atoms with E-state index in [1.54, 1.807) is 34.6 Å². The minimum absolute atomic E-state index is 0.0736. The predicted octanol–water partition coefficient (Wildman–Crippen LogP) is 1.56. The van der Waals surface area contributed by atoms with Crippen molar-refractivity contribution in [1.29, 1.82) is 0 Å². The lowest BCUT2D eigenvalue weighted by atomic mass is 9.78. The van der Waals surface area contributed by atoms with Gasteiger partial charge in [0.15, 0.2) is 0 Å². The number of aliphatic hydroxyl groups excluding tert-OH is 1. The van der Waals surface area contributed by atoms with E-state index in [2.05, 4.69) is 0 Å². The van der Waals surface area contributed by atoms with E-state index in [1.165, 1.54) is 4.90 Å². The van der Waals surface area contributed by atoms with Crippen LogP contribution >= 0.6 is 0 Å². The molecule has 6 heteroatoms. The number of carbonyl (C=O) groups excluding carboxylic acids is 2. The van der Waals surface area contributed by atoms with Gasteiger partial charge in [-0.05, 0) is 41.0 Å². The normalized spacial score (nSPS) is 27.1. The number of esters is 1. The largest absolute Gasteiger partial charge is 0.465 e. The smallest absolute Gasteiger partial charge is 0.410 e. The van der Waals surface area contributed by atoms with E-state index in [-0.39, 0.29) is 13.2 Å². The van der Waals surface area contributed by atoms with Crippen molar-refractivity contribution >= 4 is 12.1 Å². The zero-order valence-corrected chi connectivity index (χ0v) is 12.9. The molecule has 0 bridgehead atoms. The quantitative estimate of drug-likeness (QED) is 0.780. The SMILES string of the molecule is CCOC(=O)[C@]1(C)CCN(C(=O)OC(C)(C)C)C[C@@H]1O. The van der Waals surface area contributed by atoms with Gasteiger partial charge in [0.05, 0.1) is 24.7 Å². The molecule has 1 rings (SSSR count). The molecule has 0 spiro atoms. The molecule has 2 atom stereocenters. The fraction of sp³-hybridized carbons (Fsp3) is 0.857. The van der Waals surface area contributed by atoms with Gasteiger partial charge in [0.1, 0.15) is 5.60 Å². The van der Waals surface area contributed by atoms with Crippen LogP contribution in [0.5, 0.6) is 0 Å². The van der Waals surface area contributed by atoms with Gasteiger partial charge in [0.2, 0.25) is 0 Å². The van der Waals surface area contributed by atoms with Crippen molar-refractivity contribution in [2.75, 3.05) is 19.7 Å². The first-order chi connectivity index (χ1) is 9.10. The number of likely N-dealkylation sites (tertiary alicyclic amines) is 1. The molecule has 1 amide bonds. The number of aliphatic hydroxyl groups is 1. The molecule has 6 nitrogen and oxygen atoms in total. The van der Waals surface area contributed by atoms with Gasteiger partial charge in [-0.15, -0.1) is 0 Å². The summed E-state index contributed by atoms with van der Waals surface area (Å²) >= 11 is 0. The van der Waals surface area contributed by atoms with Gasteiger partial charge in [-0.2, -0.15) is 0 Å². The first-order valence-electron chi connectivity index (χ1n) is 6.93. The highest BCUT2D eigenvalue weighted by Gasteiger charge is 2.47. The van der Waals surface area contributed by atoms with Gasteiger partial charge in [0, 0.05) is 6.54 Å². The van der Waals surface area contributed by atoms with E-state index < -0.39 is 29.2 Å². The van der Waals surface area contributed by atoms with Gasteiger partial charge in [0.25, 0.3) is 0 Å².